The van der Waals surface area contributed by atoms with Gasteiger partial charge in [-0.15, -0.1) is 11.3 Å². The normalized spacial score (nSPS) is 11.5. The number of pyridine rings is 1. The molecule has 0 radical (unpaired) electrons. The summed E-state index contributed by atoms with van der Waals surface area (Å²) in [6, 6.07) is 8.03. The predicted octanol–water partition coefficient (Wildman–Crippen LogP) is 3.06. The summed E-state index contributed by atoms with van der Waals surface area (Å²) in [7, 11) is 0. The first kappa shape index (κ1) is 14.1. The van der Waals surface area contributed by atoms with Gasteiger partial charge in [-0.05, 0) is 12.1 Å². The number of aromatic nitrogens is 6. The number of aromatic amines is 1. The number of thiazole rings is 1. The first-order valence-electron chi connectivity index (χ1n) is 7.71. The Morgan fingerprint density at radius 3 is 2.96 bits per heavy atom. The lowest BCUT2D eigenvalue weighted by molar-refractivity contribution is 0.684. The summed E-state index contributed by atoms with van der Waals surface area (Å²) in [5.74, 6) is 0.432. The fraction of sp³-hybridized carbons (Fsp3) is 0.0588. The molecule has 4 heterocycles. The minimum atomic E-state index is 0.432. The van der Waals surface area contributed by atoms with Crippen molar-refractivity contribution in [3.63, 3.8) is 0 Å². The standard InChI is InChI=1S/C17H13N7S/c18-17-16-13(7-24(23-16)6-11-8-25-9-19-11)12-2-1-10(5-15(12)21-17)14-3-4-20-22-14/h1-5,7-9H,6H2,(H2,18,21)(H,20,22). The van der Waals surface area contributed by atoms with Gasteiger partial charge in [-0.2, -0.15) is 10.2 Å². The summed E-state index contributed by atoms with van der Waals surface area (Å²) in [6.07, 6.45) is 3.73. The lowest BCUT2D eigenvalue weighted by Gasteiger charge is -2.03. The van der Waals surface area contributed by atoms with E-state index in [1.807, 2.05) is 40.0 Å². The number of H-pyrrole nitrogens is 1. The van der Waals surface area contributed by atoms with Crippen molar-refractivity contribution in [2.75, 3.05) is 5.73 Å². The van der Waals surface area contributed by atoms with Gasteiger partial charge in [-0.25, -0.2) is 9.97 Å². The van der Waals surface area contributed by atoms with E-state index in [2.05, 4.69) is 31.3 Å². The van der Waals surface area contributed by atoms with Gasteiger partial charge in [0.2, 0.25) is 0 Å². The molecule has 4 aromatic heterocycles. The zero-order valence-electron chi connectivity index (χ0n) is 13.0. The smallest absolute Gasteiger partial charge is 0.152 e. The molecular weight excluding hydrogens is 334 g/mol. The lowest BCUT2D eigenvalue weighted by atomic mass is 10.1. The second kappa shape index (κ2) is 5.38. The maximum absolute atomic E-state index is 6.16. The molecule has 122 valence electrons. The van der Waals surface area contributed by atoms with E-state index >= 15 is 0 Å². The number of nitrogens with one attached hydrogen (secondary N) is 1. The number of hydrogen-bond acceptors (Lipinski definition) is 6. The number of nitrogens with two attached hydrogens (primary N) is 1. The molecule has 0 aliphatic rings. The van der Waals surface area contributed by atoms with Crippen molar-refractivity contribution in [1.82, 2.24) is 29.9 Å². The van der Waals surface area contributed by atoms with Gasteiger partial charge in [0.25, 0.3) is 0 Å². The molecule has 0 saturated heterocycles. The fourth-order valence-corrected chi connectivity index (χ4v) is 3.54. The van der Waals surface area contributed by atoms with Crippen LogP contribution in [0.15, 0.2) is 47.5 Å². The van der Waals surface area contributed by atoms with Gasteiger partial charge in [-0.1, -0.05) is 12.1 Å². The zero-order chi connectivity index (χ0) is 16.8. The van der Waals surface area contributed by atoms with Gasteiger partial charge in [-0.3, -0.25) is 9.78 Å². The number of nitrogens with zero attached hydrogens (tertiary/aromatic N) is 5. The summed E-state index contributed by atoms with van der Waals surface area (Å²) < 4.78 is 1.86. The van der Waals surface area contributed by atoms with Gasteiger partial charge in [0.15, 0.2) is 5.82 Å². The molecule has 25 heavy (non-hydrogen) atoms. The molecular formula is C17H13N7S. The minimum Gasteiger partial charge on any atom is -0.382 e. The van der Waals surface area contributed by atoms with Crippen LogP contribution in [-0.2, 0) is 6.54 Å². The molecule has 0 atom stereocenters. The van der Waals surface area contributed by atoms with E-state index in [1.165, 1.54) is 0 Å². The van der Waals surface area contributed by atoms with Gasteiger partial charge in [0.1, 0.15) is 5.52 Å². The van der Waals surface area contributed by atoms with E-state index in [-0.39, 0.29) is 0 Å². The highest BCUT2D eigenvalue weighted by atomic mass is 32.1. The van der Waals surface area contributed by atoms with E-state index in [9.17, 15) is 0 Å². The molecule has 1 aromatic carbocycles. The Labute approximate surface area is 146 Å². The number of rotatable bonds is 3. The van der Waals surface area contributed by atoms with Gasteiger partial charge in [0, 0.05) is 34.1 Å². The van der Waals surface area contributed by atoms with Crippen molar-refractivity contribution in [2.24, 2.45) is 0 Å². The number of anilines is 1. The number of hydrogen-bond donors (Lipinski definition) is 2. The van der Waals surface area contributed by atoms with Gasteiger partial charge < -0.3 is 5.73 Å². The molecule has 0 unspecified atom stereocenters. The van der Waals surface area contributed by atoms with Gasteiger partial charge >= 0.3 is 0 Å². The third-order valence-corrected chi connectivity index (χ3v) is 4.79. The maximum atomic E-state index is 6.16. The molecule has 3 N–H and O–H groups in total. The van der Waals surface area contributed by atoms with Crippen LogP contribution in [0.25, 0.3) is 33.1 Å². The minimum absolute atomic E-state index is 0.432. The highest BCUT2D eigenvalue weighted by Gasteiger charge is 2.12. The average Bonchev–Trinajstić information content (AvgIpc) is 3.36. The first-order valence-corrected chi connectivity index (χ1v) is 8.65. The Hall–Kier alpha value is -3.26. The number of nitrogen functional groups attached to an aromatic ring is 1. The largest absolute Gasteiger partial charge is 0.382 e. The lowest BCUT2D eigenvalue weighted by Crippen LogP contribution is -2.00. The molecule has 0 saturated carbocycles. The summed E-state index contributed by atoms with van der Waals surface area (Å²) in [6.45, 7) is 0.616. The average molecular weight is 347 g/mol. The van der Waals surface area contributed by atoms with Crippen molar-refractivity contribution in [2.45, 2.75) is 6.54 Å². The highest BCUT2D eigenvalue weighted by Crippen LogP contribution is 2.30. The quantitative estimate of drug-likeness (QED) is 0.523. The van der Waals surface area contributed by atoms with Crippen LogP contribution in [0.2, 0.25) is 0 Å². The number of benzene rings is 1. The SMILES string of the molecule is Nc1nc2cc(-c3ccn[nH]3)ccc2c2cn(Cc3cscn3)nc12. The van der Waals surface area contributed by atoms with Gasteiger partial charge in [0.05, 0.1) is 29.0 Å². The van der Waals surface area contributed by atoms with Crippen molar-refractivity contribution >= 4 is 39.0 Å². The van der Waals surface area contributed by atoms with Crippen molar-refractivity contribution in [3.05, 3.63) is 53.2 Å². The van der Waals surface area contributed by atoms with Crippen molar-refractivity contribution in [1.29, 1.82) is 0 Å². The van der Waals surface area contributed by atoms with Crippen LogP contribution in [-0.4, -0.2) is 29.9 Å². The van der Waals surface area contributed by atoms with Crippen LogP contribution in [0.1, 0.15) is 5.69 Å². The molecule has 7 nitrogen and oxygen atoms in total. The highest BCUT2D eigenvalue weighted by molar-refractivity contribution is 7.07. The Balaban J connectivity index is 1.67. The molecule has 0 spiro atoms. The molecule has 0 amide bonds. The molecule has 8 heteroatoms. The second-order valence-corrected chi connectivity index (χ2v) is 6.49. The second-order valence-electron chi connectivity index (χ2n) is 5.77. The third-order valence-electron chi connectivity index (χ3n) is 4.15. The topological polar surface area (TPSA) is 98.3 Å². The number of fused-ring (bicyclic) bond motifs is 3. The van der Waals surface area contributed by atoms with Crippen LogP contribution in [0, 0.1) is 0 Å². The third kappa shape index (κ3) is 2.34. The molecule has 0 fully saturated rings. The van der Waals surface area contributed by atoms with E-state index in [1.54, 1.807) is 17.5 Å². The Bertz CT molecular complexity index is 1170. The van der Waals surface area contributed by atoms with Crippen LogP contribution in [0.5, 0.6) is 0 Å². The molecule has 0 aliphatic carbocycles. The zero-order valence-corrected chi connectivity index (χ0v) is 13.9. The maximum Gasteiger partial charge on any atom is 0.152 e. The Morgan fingerprint density at radius 2 is 2.16 bits per heavy atom. The summed E-state index contributed by atoms with van der Waals surface area (Å²) in [5.41, 5.74) is 12.5. The van der Waals surface area contributed by atoms with E-state index < -0.39 is 0 Å². The summed E-state index contributed by atoms with van der Waals surface area (Å²) >= 11 is 1.57. The van der Waals surface area contributed by atoms with Crippen LogP contribution < -0.4 is 5.73 Å². The molecule has 0 bridgehead atoms. The first-order chi connectivity index (χ1) is 12.3. The van der Waals surface area contributed by atoms with Crippen LogP contribution in [0.3, 0.4) is 0 Å². The summed E-state index contributed by atoms with van der Waals surface area (Å²) in [5, 5.41) is 15.6. The van der Waals surface area contributed by atoms with E-state index in [0.29, 0.717) is 12.4 Å². The van der Waals surface area contributed by atoms with E-state index in [0.717, 1.165) is 38.8 Å². The molecule has 5 aromatic rings. The van der Waals surface area contributed by atoms with Crippen molar-refractivity contribution < 1.29 is 0 Å². The van der Waals surface area contributed by atoms with Crippen molar-refractivity contribution in [3.8, 4) is 11.3 Å². The van der Waals surface area contributed by atoms with Crippen LogP contribution in [0.4, 0.5) is 5.82 Å². The van der Waals surface area contributed by atoms with E-state index in [4.69, 9.17) is 5.73 Å². The summed E-state index contributed by atoms with van der Waals surface area (Å²) in [4.78, 5) is 8.85. The molecule has 0 aliphatic heterocycles. The monoisotopic (exact) mass is 347 g/mol. The fourth-order valence-electron chi connectivity index (χ4n) is 2.99. The Morgan fingerprint density at radius 1 is 1.20 bits per heavy atom. The molecule has 5 rings (SSSR count). The predicted molar refractivity (Wildman–Crippen MR) is 98.2 cm³/mol. The van der Waals surface area contributed by atoms with Crippen LogP contribution >= 0.6 is 11.3 Å². The Kier molecular flexibility index (Phi) is 3.04.